The van der Waals surface area contributed by atoms with Gasteiger partial charge in [-0.1, -0.05) is 7.92 Å². The topological polar surface area (TPSA) is 51.0 Å². The summed E-state index contributed by atoms with van der Waals surface area (Å²) in [6.07, 6.45) is 3.32. The van der Waals surface area contributed by atoms with Gasteiger partial charge in [0, 0.05) is 17.4 Å². The van der Waals surface area contributed by atoms with Crippen LogP contribution in [0.4, 0.5) is 11.5 Å². The van der Waals surface area contributed by atoms with Crippen LogP contribution in [0.1, 0.15) is 0 Å². The zero-order valence-electron chi connectivity index (χ0n) is 12.5. The summed E-state index contributed by atoms with van der Waals surface area (Å²) < 4.78 is 6.25. The third-order valence-electron chi connectivity index (χ3n) is 3.25. The quantitative estimate of drug-likeness (QED) is 0.471. The van der Waals surface area contributed by atoms with E-state index in [0.717, 1.165) is 21.5 Å². The first-order valence-electron chi connectivity index (χ1n) is 6.85. The highest BCUT2D eigenvalue weighted by molar-refractivity contribution is 9.10. The van der Waals surface area contributed by atoms with Gasteiger partial charge < -0.3 is 9.73 Å². The van der Waals surface area contributed by atoms with Gasteiger partial charge >= 0.3 is 0 Å². The SMILES string of the molecule is CP(C)c1cc(-c2ccco2)ccc1Nc1nc(Cl)ncc1Br. The molecule has 3 aromatic rings. The Morgan fingerprint density at radius 2 is 2.09 bits per heavy atom. The maximum absolute atomic E-state index is 5.89. The molecule has 3 rings (SSSR count). The normalized spacial score (nSPS) is 11.0. The van der Waals surface area contributed by atoms with Gasteiger partial charge in [-0.25, -0.2) is 4.98 Å². The van der Waals surface area contributed by atoms with E-state index in [-0.39, 0.29) is 13.2 Å². The number of rotatable bonds is 4. The van der Waals surface area contributed by atoms with E-state index in [9.17, 15) is 0 Å². The highest BCUT2D eigenvalue weighted by Crippen LogP contribution is 2.33. The molecule has 0 saturated carbocycles. The molecule has 0 atom stereocenters. The molecule has 0 saturated heterocycles. The number of aromatic nitrogens is 2. The number of anilines is 2. The average Bonchev–Trinajstić information content (AvgIpc) is 3.05. The van der Waals surface area contributed by atoms with Crippen LogP contribution < -0.4 is 10.6 Å². The van der Waals surface area contributed by atoms with Gasteiger partial charge in [-0.05, 0) is 76.5 Å². The fourth-order valence-electron chi connectivity index (χ4n) is 2.16. The van der Waals surface area contributed by atoms with Crippen molar-refractivity contribution in [2.45, 2.75) is 0 Å². The average molecular weight is 411 g/mol. The molecule has 0 radical (unpaired) electrons. The smallest absolute Gasteiger partial charge is 0.224 e. The molecule has 1 N–H and O–H groups in total. The molecule has 2 heterocycles. The first kappa shape index (κ1) is 16.4. The van der Waals surface area contributed by atoms with Crippen LogP contribution in [-0.2, 0) is 0 Å². The van der Waals surface area contributed by atoms with Gasteiger partial charge in [0.1, 0.15) is 11.6 Å². The molecule has 0 spiro atoms. The highest BCUT2D eigenvalue weighted by atomic mass is 79.9. The summed E-state index contributed by atoms with van der Waals surface area (Å²) in [5, 5.41) is 4.78. The van der Waals surface area contributed by atoms with Crippen molar-refractivity contribution in [1.29, 1.82) is 0 Å². The van der Waals surface area contributed by atoms with E-state index in [1.54, 1.807) is 12.5 Å². The zero-order valence-corrected chi connectivity index (χ0v) is 15.8. The molecule has 4 nitrogen and oxygen atoms in total. The first-order valence-corrected chi connectivity index (χ1v) is 10.3. The van der Waals surface area contributed by atoms with Crippen molar-refractivity contribution in [3.63, 3.8) is 0 Å². The third kappa shape index (κ3) is 3.74. The van der Waals surface area contributed by atoms with E-state index in [0.29, 0.717) is 5.82 Å². The molecule has 2 aromatic heterocycles. The molecule has 0 aliphatic rings. The largest absolute Gasteiger partial charge is 0.464 e. The molecule has 0 aliphatic carbocycles. The van der Waals surface area contributed by atoms with Crippen LogP contribution in [0.25, 0.3) is 11.3 Å². The Hall–Kier alpha value is -1.42. The molecule has 1 aromatic carbocycles. The van der Waals surface area contributed by atoms with Gasteiger partial charge in [0.15, 0.2) is 0 Å². The Morgan fingerprint density at radius 1 is 1.26 bits per heavy atom. The number of benzene rings is 1. The Labute approximate surface area is 149 Å². The minimum absolute atomic E-state index is 0.208. The lowest BCUT2D eigenvalue weighted by atomic mass is 10.1. The molecule has 0 fully saturated rings. The lowest BCUT2D eigenvalue weighted by molar-refractivity contribution is 0.582. The molecule has 0 amide bonds. The second kappa shape index (κ2) is 7.00. The van der Waals surface area contributed by atoms with E-state index in [1.807, 2.05) is 24.3 Å². The summed E-state index contributed by atoms with van der Waals surface area (Å²) in [5.74, 6) is 1.51. The minimum atomic E-state index is -0.318. The van der Waals surface area contributed by atoms with Crippen LogP contribution in [0.15, 0.2) is 51.7 Å². The third-order valence-corrected chi connectivity index (χ3v) is 5.35. The van der Waals surface area contributed by atoms with E-state index in [1.165, 1.54) is 5.30 Å². The number of furan rings is 1. The Morgan fingerprint density at radius 3 is 2.78 bits per heavy atom. The van der Waals surface area contributed by atoms with Gasteiger partial charge in [0.05, 0.1) is 10.7 Å². The number of hydrogen-bond acceptors (Lipinski definition) is 4. The standard InChI is InChI=1S/C16H14BrClN3OP/c1-23(2)14-8-10(13-4-3-7-22-13)5-6-12(14)20-15-11(17)9-19-16(18)21-15/h3-9H,1-2H3,(H,19,20,21). The van der Waals surface area contributed by atoms with E-state index >= 15 is 0 Å². The van der Waals surface area contributed by atoms with Gasteiger partial charge in [-0.15, -0.1) is 0 Å². The predicted octanol–water partition coefficient (Wildman–Crippen LogP) is 5.26. The van der Waals surface area contributed by atoms with Crippen LogP contribution in [0.3, 0.4) is 0 Å². The second-order valence-electron chi connectivity index (χ2n) is 5.06. The molecular weight excluding hydrogens is 397 g/mol. The van der Waals surface area contributed by atoms with Gasteiger partial charge in [0.2, 0.25) is 5.28 Å². The van der Waals surface area contributed by atoms with Gasteiger partial charge in [-0.2, -0.15) is 4.98 Å². The summed E-state index contributed by atoms with van der Waals surface area (Å²) >= 11 is 9.33. The van der Waals surface area contributed by atoms with E-state index < -0.39 is 0 Å². The lowest BCUT2D eigenvalue weighted by Crippen LogP contribution is -2.09. The molecule has 0 bridgehead atoms. The van der Waals surface area contributed by atoms with E-state index in [2.05, 4.69) is 50.6 Å². The van der Waals surface area contributed by atoms with Gasteiger partial charge in [-0.3, -0.25) is 0 Å². The lowest BCUT2D eigenvalue weighted by Gasteiger charge is -2.16. The van der Waals surface area contributed by atoms with Crippen LogP contribution in [-0.4, -0.2) is 23.3 Å². The maximum atomic E-state index is 5.89. The first-order chi connectivity index (χ1) is 11.0. The summed E-state index contributed by atoms with van der Waals surface area (Å²) in [6.45, 7) is 4.42. The molecule has 7 heteroatoms. The zero-order chi connectivity index (χ0) is 16.4. The van der Waals surface area contributed by atoms with Crippen molar-refractivity contribution in [1.82, 2.24) is 9.97 Å². The van der Waals surface area contributed by atoms with Crippen molar-refractivity contribution in [2.24, 2.45) is 0 Å². The molecule has 118 valence electrons. The van der Waals surface area contributed by atoms with Crippen molar-refractivity contribution in [3.8, 4) is 11.3 Å². The molecular formula is C16H14BrClN3OP. The Balaban J connectivity index is 2.00. The van der Waals surface area contributed by atoms with Crippen LogP contribution >= 0.6 is 35.5 Å². The minimum Gasteiger partial charge on any atom is -0.464 e. The van der Waals surface area contributed by atoms with Crippen LogP contribution in [0.5, 0.6) is 0 Å². The van der Waals surface area contributed by atoms with Gasteiger partial charge in [0.25, 0.3) is 0 Å². The predicted molar refractivity (Wildman–Crippen MR) is 101 cm³/mol. The number of halogens is 2. The summed E-state index contributed by atoms with van der Waals surface area (Å²) in [5.41, 5.74) is 2.07. The fourth-order valence-corrected chi connectivity index (χ4v) is 3.60. The Kier molecular flexibility index (Phi) is 5.00. The van der Waals surface area contributed by atoms with Crippen molar-refractivity contribution in [2.75, 3.05) is 18.6 Å². The van der Waals surface area contributed by atoms with Crippen molar-refractivity contribution >= 4 is 52.3 Å². The summed E-state index contributed by atoms with van der Waals surface area (Å²) in [4.78, 5) is 8.17. The number of hydrogen-bond donors (Lipinski definition) is 1. The monoisotopic (exact) mass is 409 g/mol. The second-order valence-corrected chi connectivity index (χ2v) is 8.53. The fraction of sp³-hybridized carbons (Fsp3) is 0.125. The molecule has 23 heavy (non-hydrogen) atoms. The van der Waals surface area contributed by atoms with Crippen LogP contribution in [0.2, 0.25) is 5.28 Å². The number of nitrogens with one attached hydrogen (secondary N) is 1. The van der Waals surface area contributed by atoms with Crippen molar-refractivity contribution < 1.29 is 4.42 Å². The summed E-state index contributed by atoms with van der Waals surface area (Å²) in [7, 11) is -0.318. The number of nitrogens with zero attached hydrogens (tertiary/aromatic N) is 2. The van der Waals surface area contributed by atoms with Crippen molar-refractivity contribution in [3.05, 3.63) is 52.5 Å². The summed E-state index contributed by atoms with van der Waals surface area (Å²) in [6, 6.07) is 10.1. The highest BCUT2D eigenvalue weighted by Gasteiger charge is 2.12. The van der Waals surface area contributed by atoms with Crippen LogP contribution in [0, 0.1) is 0 Å². The Bertz CT molecular complexity index is 824. The maximum Gasteiger partial charge on any atom is 0.224 e. The molecule has 0 unspecified atom stereocenters. The van der Waals surface area contributed by atoms with E-state index in [4.69, 9.17) is 16.0 Å². The molecule has 0 aliphatic heterocycles.